The molecule has 2 rings (SSSR count). The summed E-state index contributed by atoms with van der Waals surface area (Å²) >= 11 is 6.05. The third-order valence-electron chi connectivity index (χ3n) is 3.71. The maximum absolute atomic E-state index is 10.4. The van der Waals surface area contributed by atoms with Crippen LogP contribution in [0, 0.1) is 0 Å². The van der Waals surface area contributed by atoms with Gasteiger partial charge >= 0.3 is 0 Å². The Morgan fingerprint density at radius 3 is 2.80 bits per heavy atom. The van der Waals surface area contributed by atoms with Gasteiger partial charge in [0.1, 0.15) is 5.75 Å². The molecular formula is C16H24ClNO2. The first-order valence-electron chi connectivity index (χ1n) is 7.53. The van der Waals surface area contributed by atoms with Crippen molar-refractivity contribution in [2.24, 2.45) is 0 Å². The van der Waals surface area contributed by atoms with E-state index in [1.165, 1.54) is 12.8 Å². The number of benzene rings is 1. The predicted octanol–water partition coefficient (Wildman–Crippen LogP) is 3.65. The number of ether oxygens (including phenoxy) is 1. The number of nitrogens with zero attached hydrogens (tertiary/aromatic N) is 1. The first-order valence-corrected chi connectivity index (χ1v) is 7.91. The second kappa shape index (κ2) is 7.87. The smallest absolute Gasteiger partial charge is 0.125 e. The van der Waals surface area contributed by atoms with Crippen LogP contribution in [0.1, 0.15) is 44.3 Å². The topological polar surface area (TPSA) is 32.7 Å². The Bertz CT molecular complexity index is 419. The summed E-state index contributed by atoms with van der Waals surface area (Å²) in [6.07, 6.45) is 3.71. The molecule has 0 bridgehead atoms. The van der Waals surface area contributed by atoms with Crippen molar-refractivity contribution in [1.29, 1.82) is 0 Å². The third-order valence-corrected chi connectivity index (χ3v) is 3.95. The minimum Gasteiger partial charge on any atom is -0.493 e. The predicted molar refractivity (Wildman–Crippen MR) is 82.5 cm³/mol. The van der Waals surface area contributed by atoms with Gasteiger partial charge in [-0.25, -0.2) is 0 Å². The Labute approximate surface area is 126 Å². The molecule has 0 saturated carbocycles. The molecule has 1 aromatic carbocycles. The first-order chi connectivity index (χ1) is 9.70. The van der Waals surface area contributed by atoms with Gasteiger partial charge < -0.3 is 14.7 Å². The van der Waals surface area contributed by atoms with Crippen LogP contribution in [-0.2, 0) is 0 Å². The Morgan fingerprint density at radius 1 is 1.35 bits per heavy atom. The molecule has 1 fully saturated rings. The highest BCUT2D eigenvalue weighted by Crippen LogP contribution is 2.30. The zero-order valence-electron chi connectivity index (χ0n) is 12.1. The summed E-state index contributed by atoms with van der Waals surface area (Å²) in [6, 6.07) is 5.48. The average molecular weight is 298 g/mol. The standard InChI is InChI=1S/C16H24ClNO2/c1-2-11-20-16-6-5-13(17)12-14(16)15(19)7-10-18-8-3-4-9-18/h5-6,12,15,19H,2-4,7-11H2,1H3. The van der Waals surface area contributed by atoms with E-state index in [9.17, 15) is 5.11 Å². The van der Waals surface area contributed by atoms with E-state index in [2.05, 4.69) is 11.8 Å². The van der Waals surface area contributed by atoms with Crippen molar-refractivity contribution in [3.05, 3.63) is 28.8 Å². The number of likely N-dealkylation sites (tertiary alicyclic amines) is 1. The lowest BCUT2D eigenvalue weighted by atomic mass is 10.1. The van der Waals surface area contributed by atoms with Gasteiger partial charge in [0.15, 0.2) is 0 Å². The van der Waals surface area contributed by atoms with Crippen LogP contribution in [0.4, 0.5) is 0 Å². The van der Waals surface area contributed by atoms with Crippen molar-refractivity contribution in [3.8, 4) is 5.75 Å². The van der Waals surface area contributed by atoms with E-state index < -0.39 is 6.10 Å². The zero-order valence-corrected chi connectivity index (χ0v) is 12.9. The molecule has 4 heteroatoms. The fraction of sp³-hybridized carbons (Fsp3) is 0.625. The molecule has 1 heterocycles. The molecule has 20 heavy (non-hydrogen) atoms. The number of halogens is 1. The lowest BCUT2D eigenvalue weighted by Gasteiger charge is -2.20. The van der Waals surface area contributed by atoms with E-state index >= 15 is 0 Å². The number of aliphatic hydroxyl groups is 1. The Balaban J connectivity index is 1.98. The normalized spacial score (nSPS) is 17.4. The summed E-state index contributed by atoms with van der Waals surface area (Å²) in [5, 5.41) is 11.1. The van der Waals surface area contributed by atoms with Crippen LogP contribution < -0.4 is 4.74 Å². The number of aliphatic hydroxyl groups excluding tert-OH is 1. The van der Waals surface area contributed by atoms with Crippen molar-refractivity contribution in [3.63, 3.8) is 0 Å². The Morgan fingerprint density at radius 2 is 2.10 bits per heavy atom. The molecule has 1 saturated heterocycles. The SMILES string of the molecule is CCCOc1ccc(Cl)cc1C(O)CCN1CCCC1. The van der Waals surface area contributed by atoms with Gasteiger partial charge in [0.05, 0.1) is 12.7 Å². The van der Waals surface area contributed by atoms with E-state index in [4.69, 9.17) is 16.3 Å². The maximum Gasteiger partial charge on any atom is 0.125 e. The quantitative estimate of drug-likeness (QED) is 0.834. The van der Waals surface area contributed by atoms with Gasteiger partial charge in [0.2, 0.25) is 0 Å². The molecule has 0 aromatic heterocycles. The molecule has 1 atom stereocenters. The molecule has 1 unspecified atom stereocenters. The highest BCUT2D eigenvalue weighted by Gasteiger charge is 2.17. The van der Waals surface area contributed by atoms with E-state index in [0.29, 0.717) is 11.6 Å². The lowest BCUT2D eigenvalue weighted by molar-refractivity contribution is 0.144. The van der Waals surface area contributed by atoms with Gasteiger partial charge in [-0.1, -0.05) is 18.5 Å². The molecule has 0 aliphatic carbocycles. The van der Waals surface area contributed by atoms with Gasteiger partial charge in [0, 0.05) is 17.1 Å². The van der Waals surface area contributed by atoms with Gasteiger partial charge in [0.25, 0.3) is 0 Å². The van der Waals surface area contributed by atoms with Crippen LogP contribution in [0.5, 0.6) is 5.75 Å². The molecule has 1 aliphatic rings. The van der Waals surface area contributed by atoms with Crippen LogP contribution in [-0.4, -0.2) is 36.2 Å². The molecule has 112 valence electrons. The summed E-state index contributed by atoms with van der Waals surface area (Å²) < 4.78 is 5.70. The minimum atomic E-state index is -0.513. The Hall–Kier alpha value is -0.770. The van der Waals surface area contributed by atoms with Crippen molar-refractivity contribution in [2.45, 2.75) is 38.7 Å². The first kappa shape index (κ1) is 15.6. The second-order valence-corrected chi connectivity index (χ2v) is 5.82. The second-order valence-electron chi connectivity index (χ2n) is 5.38. The van der Waals surface area contributed by atoms with Crippen molar-refractivity contribution in [2.75, 3.05) is 26.2 Å². The molecule has 0 amide bonds. The maximum atomic E-state index is 10.4. The van der Waals surface area contributed by atoms with Crippen molar-refractivity contribution < 1.29 is 9.84 Å². The van der Waals surface area contributed by atoms with E-state index in [1.54, 1.807) is 0 Å². The molecule has 1 aromatic rings. The van der Waals surface area contributed by atoms with E-state index in [0.717, 1.165) is 43.8 Å². The van der Waals surface area contributed by atoms with Crippen LogP contribution in [0.2, 0.25) is 5.02 Å². The van der Waals surface area contributed by atoms with Crippen molar-refractivity contribution in [1.82, 2.24) is 4.90 Å². The number of rotatable bonds is 7. The van der Waals surface area contributed by atoms with Gasteiger partial charge in [-0.3, -0.25) is 0 Å². The van der Waals surface area contributed by atoms with Crippen LogP contribution in [0.3, 0.4) is 0 Å². The molecule has 1 N–H and O–H groups in total. The molecular weight excluding hydrogens is 274 g/mol. The molecule has 1 aliphatic heterocycles. The van der Waals surface area contributed by atoms with Crippen LogP contribution in [0.15, 0.2) is 18.2 Å². The average Bonchev–Trinajstić information content (AvgIpc) is 2.96. The van der Waals surface area contributed by atoms with Crippen LogP contribution in [0.25, 0.3) is 0 Å². The highest BCUT2D eigenvalue weighted by molar-refractivity contribution is 6.30. The third kappa shape index (κ3) is 4.37. The van der Waals surface area contributed by atoms with Crippen molar-refractivity contribution >= 4 is 11.6 Å². The van der Waals surface area contributed by atoms with E-state index in [1.807, 2.05) is 18.2 Å². The fourth-order valence-electron chi connectivity index (χ4n) is 2.59. The Kier molecular flexibility index (Phi) is 6.14. The van der Waals surface area contributed by atoms with Gasteiger partial charge in [-0.2, -0.15) is 0 Å². The fourth-order valence-corrected chi connectivity index (χ4v) is 2.77. The number of hydrogen-bond acceptors (Lipinski definition) is 3. The highest BCUT2D eigenvalue weighted by atomic mass is 35.5. The monoisotopic (exact) mass is 297 g/mol. The summed E-state index contributed by atoms with van der Waals surface area (Å²) in [5.74, 6) is 0.755. The minimum absolute atomic E-state index is 0.513. The molecule has 0 spiro atoms. The van der Waals surface area contributed by atoms with E-state index in [-0.39, 0.29) is 0 Å². The van der Waals surface area contributed by atoms with Gasteiger partial charge in [-0.15, -0.1) is 0 Å². The van der Waals surface area contributed by atoms with Crippen LogP contribution >= 0.6 is 11.6 Å². The summed E-state index contributed by atoms with van der Waals surface area (Å²) in [5.41, 5.74) is 0.810. The summed E-state index contributed by atoms with van der Waals surface area (Å²) in [6.45, 7) is 5.97. The molecule has 0 radical (unpaired) electrons. The zero-order chi connectivity index (χ0) is 14.4. The lowest BCUT2D eigenvalue weighted by Crippen LogP contribution is -2.22. The largest absolute Gasteiger partial charge is 0.493 e. The van der Waals surface area contributed by atoms with Gasteiger partial charge in [-0.05, 0) is 57.0 Å². The molecule has 3 nitrogen and oxygen atoms in total. The number of hydrogen-bond donors (Lipinski definition) is 1. The summed E-state index contributed by atoms with van der Waals surface area (Å²) in [7, 11) is 0. The summed E-state index contributed by atoms with van der Waals surface area (Å²) in [4.78, 5) is 2.40.